The van der Waals surface area contributed by atoms with Crippen LogP contribution in [-0.4, -0.2) is 19.6 Å². The molecule has 0 atom stereocenters. The van der Waals surface area contributed by atoms with E-state index in [2.05, 4.69) is 19.2 Å². The largest absolute Gasteiger partial charge is 0.493 e. The first-order chi connectivity index (χ1) is 13.0. The summed E-state index contributed by atoms with van der Waals surface area (Å²) < 4.78 is 11.2. The molecule has 1 N–H and O–H groups in total. The number of carbonyl (C=O) groups excluding carboxylic acids is 1. The van der Waals surface area contributed by atoms with E-state index in [1.54, 1.807) is 19.3 Å². The van der Waals surface area contributed by atoms with Gasteiger partial charge in [0.2, 0.25) is 5.91 Å². The second-order valence-corrected chi connectivity index (χ2v) is 7.00. The highest BCUT2D eigenvalue weighted by molar-refractivity contribution is 6.32. The first kappa shape index (κ1) is 20.8. The third kappa shape index (κ3) is 6.99. The van der Waals surface area contributed by atoms with Gasteiger partial charge in [-0.25, -0.2) is 0 Å². The van der Waals surface area contributed by atoms with Crippen molar-refractivity contribution in [2.45, 2.75) is 26.8 Å². The van der Waals surface area contributed by atoms with Crippen LogP contribution >= 0.6 is 11.6 Å². The van der Waals surface area contributed by atoms with Gasteiger partial charge in [-0.2, -0.15) is 0 Å². The summed E-state index contributed by atoms with van der Waals surface area (Å²) in [5.41, 5.74) is 1.74. The third-order valence-electron chi connectivity index (χ3n) is 3.97. The topological polar surface area (TPSA) is 47.6 Å². The molecule has 5 heteroatoms. The molecular formula is C22H26ClNO3. The second-order valence-electron chi connectivity index (χ2n) is 6.59. The number of rotatable bonds is 9. The molecule has 0 saturated heterocycles. The van der Waals surface area contributed by atoms with Crippen LogP contribution in [0.25, 0.3) is 6.08 Å². The molecule has 4 nitrogen and oxygen atoms in total. The molecule has 0 radical (unpaired) electrons. The Morgan fingerprint density at radius 1 is 1.19 bits per heavy atom. The van der Waals surface area contributed by atoms with E-state index < -0.39 is 0 Å². The lowest BCUT2D eigenvalue weighted by Gasteiger charge is -2.13. The van der Waals surface area contributed by atoms with E-state index in [0.29, 0.717) is 35.6 Å². The molecule has 2 aromatic carbocycles. The minimum Gasteiger partial charge on any atom is -0.493 e. The van der Waals surface area contributed by atoms with Gasteiger partial charge in [0.15, 0.2) is 11.5 Å². The minimum atomic E-state index is -0.189. The summed E-state index contributed by atoms with van der Waals surface area (Å²) in [7, 11) is 1.61. The first-order valence-electron chi connectivity index (χ1n) is 8.99. The van der Waals surface area contributed by atoms with E-state index in [4.69, 9.17) is 21.1 Å². The molecule has 0 spiro atoms. The predicted octanol–water partition coefficient (Wildman–Crippen LogP) is 5.10. The third-order valence-corrected chi connectivity index (χ3v) is 4.31. The molecule has 0 fully saturated rings. The molecule has 0 aliphatic rings. The van der Waals surface area contributed by atoms with E-state index in [9.17, 15) is 4.79 Å². The summed E-state index contributed by atoms with van der Waals surface area (Å²) in [4.78, 5) is 12.0. The van der Waals surface area contributed by atoms with Gasteiger partial charge in [0.25, 0.3) is 0 Å². The average Bonchev–Trinajstić information content (AvgIpc) is 2.66. The standard InChI is InChI=1S/C22H26ClNO3/c1-16(2)12-13-27-20-10-8-17(14-21(20)26-3)15-24-22(25)11-9-18-6-4-5-7-19(18)23/h4-11,14,16H,12-13,15H2,1-3H3,(H,24,25)/b11-9+. The summed E-state index contributed by atoms with van der Waals surface area (Å²) >= 11 is 6.07. The number of benzene rings is 2. The fourth-order valence-corrected chi connectivity index (χ4v) is 2.57. The summed E-state index contributed by atoms with van der Waals surface area (Å²) in [6.07, 6.45) is 4.16. The van der Waals surface area contributed by atoms with Crippen LogP contribution in [-0.2, 0) is 11.3 Å². The van der Waals surface area contributed by atoms with Crippen LogP contribution in [0.3, 0.4) is 0 Å². The Morgan fingerprint density at radius 3 is 2.67 bits per heavy atom. The van der Waals surface area contributed by atoms with Crippen molar-refractivity contribution >= 4 is 23.6 Å². The highest BCUT2D eigenvalue weighted by Crippen LogP contribution is 2.28. The van der Waals surface area contributed by atoms with E-state index in [1.807, 2.05) is 36.4 Å². The fourth-order valence-electron chi connectivity index (χ4n) is 2.37. The van der Waals surface area contributed by atoms with Gasteiger partial charge in [-0.15, -0.1) is 0 Å². The van der Waals surface area contributed by atoms with Gasteiger partial charge in [0, 0.05) is 17.6 Å². The lowest BCUT2D eigenvalue weighted by atomic mass is 10.1. The molecule has 1 amide bonds. The molecule has 0 saturated carbocycles. The molecule has 0 bridgehead atoms. The minimum absolute atomic E-state index is 0.189. The molecule has 0 unspecified atom stereocenters. The van der Waals surface area contributed by atoms with Gasteiger partial charge >= 0.3 is 0 Å². The van der Waals surface area contributed by atoms with Crippen LogP contribution in [0.1, 0.15) is 31.4 Å². The Morgan fingerprint density at radius 2 is 1.96 bits per heavy atom. The fraction of sp³-hybridized carbons (Fsp3) is 0.318. The Hall–Kier alpha value is -2.46. The number of amides is 1. The number of nitrogens with one attached hydrogen (secondary N) is 1. The summed E-state index contributed by atoms with van der Waals surface area (Å²) in [5.74, 6) is 1.78. The summed E-state index contributed by atoms with van der Waals surface area (Å²) in [5, 5.41) is 3.46. The summed E-state index contributed by atoms with van der Waals surface area (Å²) in [6, 6.07) is 13.0. The molecule has 0 aliphatic heterocycles. The van der Waals surface area contributed by atoms with Crippen LogP contribution in [0.5, 0.6) is 11.5 Å². The van der Waals surface area contributed by atoms with Crippen molar-refractivity contribution in [3.8, 4) is 11.5 Å². The molecule has 0 heterocycles. The highest BCUT2D eigenvalue weighted by atomic mass is 35.5. The zero-order valence-corrected chi connectivity index (χ0v) is 16.8. The van der Waals surface area contributed by atoms with Gasteiger partial charge in [-0.05, 0) is 47.7 Å². The van der Waals surface area contributed by atoms with Crippen molar-refractivity contribution < 1.29 is 14.3 Å². The van der Waals surface area contributed by atoms with E-state index >= 15 is 0 Å². The monoisotopic (exact) mass is 387 g/mol. The normalized spacial score (nSPS) is 11.0. The molecule has 0 aromatic heterocycles. The van der Waals surface area contributed by atoms with Crippen LogP contribution < -0.4 is 14.8 Å². The lowest BCUT2D eigenvalue weighted by Crippen LogP contribution is -2.20. The van der Waals surface area contributed by atoms with E-state index in [0.717, 1.165) is 17.5 Å². The van der Waals surface area contributed by atoms with Crippen LogP contribution in [0, 0.1) is 5.92 Å². The average molecular weight is 388 g/mol. The van der Waals surface area contributed by atoms with Gasteiger partial charge < -0.3 is 14.8 Å². The maximum absolute atomic E-state index is 12.0. The Balaban J connectivity index is 1.91. The van der Waals surface area contributed by atoms with Crippen molar-refractivity contribution in [1.82, 2.24) is 5.32 Å². The van der Waals surface area contributed by atoms with Crippen molar-refractivity contribution in [3.05, 3.63) is 64.7 Å². The number of hydrogen-bond acceptors (Lipinski definition) is 3. The number of hydrogen-bond donors (Lipinski definition) is 1. The van der Waals surface area contributed by atoms with Crippen LogP contribution in [0.15, 0.2) is 48.5 Å². The molecular weight excluding hydrogens is 362 g/mol. The first-order valence-corrected chi connectivity index (χ1v) is 9.37. The van der Waals surface area contributed by atoms with Crippen molar-refractivity contribution in [2.24, 2.45) is 5.92 Å². The highest BCUT2D eigenvalue weighted by Gasteiger charge is 2.07. The Bertz CT molecular complexity index is 787. The SMILES string of the molecule is COc1cc(CNC(=O)/C=C/c2ccccc2Cl)ccc1OCCC(C)C. The van der Waals surface area contributed by atoms with E-state index in [1.165, 1.54) is 6.08 Å². The molecule has 144 valence electrons. The molecule has 2 rings (SSSR count). The Labute approximate surface area is 166 Å². The number of methoxy groups -OCH3 is 1. The Kier molecular flexibility index (Phi) is 8.21. The van der Waals surface area contributed by atoms with Gasteiger partial charge in [0.05, 0.1) is 13.7 Å². The lowest BCUT2D eigenvalue weighted by molar-refractivity contribution is -0.116. The van der Waals surface area contributed by atoms with Crippen LogP contribution in [0.4, 0.5) is 0 Å². The smallest absolute Gasteiger partial charge is 0.244 e. The number of ether oxygens (including phenoxy) is 2. The zero-order chi connectivity index (χ0) is 19.6. The quantitative estimate of drug-likeness (QED) is 0.608. The van der Waals surface area contributed by atoms with Gasteiger partial charge in [-0.3, -0.25) is 4.79 Å². The molecule has 27 heavy (non-hydrogen) atoms. The maximum Gasteiger partial charge on any atom is 0.244 e. The van der Waals surface area contributed by atoms with Crippen molar-refractivity contribution in [3.63, 3.8) is 0 Å². The maximum atomic E-state index is 12.0. The van der Waals surface area contributed by atoms with Crippen LogP contribution in [0.2, 0.25) is 5.02 Å². The van der Waals surface area contributed by atoms with Gasteiger partial charge in [0.1, 0.15) is 0 Å². The predicted molar refractivity (Wildman–Crippen MR) is 110 cm³/mol. The zero-order valence-electron chi connectivity index (χ0n) is 16.0. The summed E-state index contributed by atoms with van der Waals surface area (Å²) in [6.45, 7) is 5.37. The molecule has 0 aliphatic carbocycles. The second kappa shape index (κ2) is 10.6. The number of carbonyl (C=O) groups is 1. The van der Waals surface area contributed by atoms with E-state index in [-0.39, 0.29) is 5.91 Å². The number of halogens is 1. The van der Waals surface area contributed by atoms with Crippen molar-refractivity contribution in [2.75, 3.05) is 13.7 Å². The molecule has 2 aromatic rings. The van der Waals surface area contributed by atoms with Crippen molar-refractivity contribution in [1.29, 1.82) is 0 Å². The van der Waals surface area contributed by atoms with Gasteiger partial charge in [-0.1, -0.05) is 49.7 Å².